The zero-order valence-corrected chi connectivity index (χ0v) is 43.2. The Kier molecular flexibility index (Phi) is 21.1. The lowest BCUT2D eigenvalue weighted by molar-refractivity contribution is -0.148. The summed E-state index contributed by atoms with van der Waals surface area (Å²) in [5.41, 5.74) is 0.120. The molecule has 9 atom stereocenters. The van der Waals surface area contributed by atoms with Gasteiger partial charge >= 0.3 is 5.97 Å². The number of nitrogens with one attached hydrogen (secondary N) is 2. The highest BCUT2D eigenvalue weighted by atomic mass is 19.1. The summed E-state index contributed by atoms with van der Waals surface area (Å²) in [5.74, 6) is -6.84. The predicted octanol–water partition coefficient (Wildman–Crippen LogP) is 4.60. The largest absolute Gasteiger partial charge is 0.481 e. The molecule has 1 aromatic rings. The molecule has 1 saturated heterocycles. The SMILES string of the molecule is CC[C@H](C)[C@@H]([C@@H](CC(=O)N1CC2(CC2)C[C@H]1[C@H](OC)[C@@H](C)C(=O)NC[C@@H](Cc1ccccc1F)C(=O)O)OC)N(C)C(=O)[C@@H](NC(=O)[C@H](C(C)C)N(C)C(=O)CCCCCN1C(=O)C=CC1=O)C(C)C. The molecule has 2 heterocycles. The minimum absolute atomic E-state index is 0.0875. The number of methoxy groups -OCH3 is 2. The van der Waals surface area contributed by atoms with Gasteiger partial charge in [0.1, 0.15) is 17.9 Å². The molecular formula is C52H79FN6O11. The molecule has 1 saturated carbocycles. The second-order valence-electron chi connectivity index (χ2n) is 20.6. The maximum atomic E-state index is 14.7. The van der Waals surface area contributed by atoms with Crippen LogP contribution in [0.2, 0.25) is 0 Å². The first-order valence-corrected chi connectivity index (χ1v) is 25.0. The van der Waals surface area contributed by atoms with Crippen molar-refractivity contribution in [1.29, 1.82) is 0 Å². The van der Waals surface area contributed by atoms with Crippen molar-refractivity contribution < 1.29 is 57.3 Å². The van der Waals surface area contributed by atoms with Crippen LogP contribution in [0.25, 0.3) is 0 Å². The number of likely N-dealkylation sites (tertiary alicyclic amines) is 1. The van der Waals surface area contributed by atoms with E-state index in [-0.39, 0.29) is 90.6 Å². The lowest BCUT2D eigenvalue weighted by Crippen LogP contribution is -2.60. The van der Waals surface area contributed by atoms with Crippen LogP contribution in [0.15, 0.2) is 36.4 Å². The number of likely N-dealkylation sites (N-methyl/N-ethyl adjacent to an activating group) is 2. The van der Waals surface area contributed by atoms with Gasteiger partial charge in [-0.2, -0.15) is 0 Å². The van der Waals surface area contributed by atoms with Crippen molar-refractivity contribution in [2.75, 3.05) is 47.9 Å². The summed E-state index contributed by atoms with van der Waals surface area (Å²) in [4.78, 5) is 112. The van der Waals surface area contributed by atoms with E-state index in [0.29, 0.717) is 38.6 Å². The molecule has 2 fully saturated rings. The molecule has 0 aromatic heterocycles. The topological polar surface area (TPSA) is 212 Å². The van der Waals surface area contributed by atoms with Crippen LogP contribution in [0.3, 0.4) is 0 Å². The van der Waals surface area contributed by atoms with Crippen molar-refractivity contribution in [3.05, 3.63) is 47.8 Å². The first-order chi connectivity index (χ1) is 33.0. The molecule has 7 amide bonds. The summed E-state index contributed by atoms with van der Waals surface area (Å²) >= 11 is 0. The van der Waals surface area contributed by atoms with Crippen molar-refractivity contribution in [1.82, 2.24) is 30.2 Å². The number of unbranched alkanes of at least 4 members (excludes halogenated alkanes) is 2. The van der Waals surface area contributed by atoms with Gasteiger partial charge in [0, 0.05) is 66.5 Å². The summed E-state index contributed by atoms with van der Waals surface area (Å²) in [7, 11) is 6.22. The minimum atomic E-state index is -1.17. The Balaban J connectivity index is 1.44. The van der Waals surface area contributed by atoms with Gasteiger partial charge in [-0.25, -0.2) is 4.39 Å². The van der Waals surface area contributed by atoms with Crippen LogP contribution < -0.4 is 10.6 Å². The number of carboxylic acids is 1. The molecule has 1 aliphatic carbocycles. The third-order valence-corrected chi connectivity index (χ3v) is 14.9. The Bertz CT molecular complexity index is 2040. The Labute approximate surface area is 413 Å². The lowest BCUT2D eigenvalue weighted by atomic mass is 9.89. The third kappa shape index (κ3) is 14.4. The van der Waals surface area contributed by atoms with E-state index in [1.54, 1.807) is 36.9 Å². The number of halogens is 1. The summed E-state index contributed by atoms with van der Waals surface area (Å²) in [6.45, 7) is 13.5. The summed E-state index contributed by atoms with van der Waals surface area (Å²) < 4.78 is 26.5. The number of benzene rings is 1. The van der Waals surface area contributed by atoms with Gasteiger partial charge in [-0.15, -0.1) is 0 Å². The fourth-order valence-electron chi connectivity index (χ4n) is 10.2. The molecule has 0 unspecified atom stereocenters. The minimum Gasteiger partial charge on any atom is -0.481 e. The Morgan fingerprint density at radius 1 is 0.886 bits per heavy atom. The average molecular weight is 983 g/mol. The van der Waals surface area contributed by atoms with Crippen LogP contribution in [0.4, 0.5) is 4.39 Å². The molecule has 0 radical (unpaired) electrons. The van der Waals surface area contributed by atoms with Crippen molar-refractivity contribution in [2.45, 2.75) is 149 Å². The van der Waals surface area contributed by atoms with Crippen LogP contribution >= 0.6 is 0 Å². The quantitative estimate of drug-likeness (QED) is 0.0780. The van der Waals surface area contributed by atoms with E-state index in [4.69, 9.17) is 9.47 Å². The summed E-state index contributed by atoms with van der Waals surface area (Å²) in [5, 5.41) is 15.6. The Morgan fingerprint density at radius 3 is 2.07 bits per heavy atom. The predicted molar refractivity (Wildman–Crippen MR) is 260 cm³/mol. The van der Waals surface area contributed by atoms with Crippen LogP contribution in [-0.2, 0) is 54.3 Å². The monoisotopic (exact) mass is 983 g/mol. The second kappa shape index (κ2) is 25.8. The number of nitrogens with zero attached hydrogens (tertiary/aromatic N) is 4. The maximum absolute atomic E-state index is 14.7. The van der Waals surface area contributed by atoms with Crippen molar-refractivity contribution >= 4 is 47.3 Å². The number of rotatable bonds is 28. The van der Waals surface area contributed by atoms with Crippen LogP contribution in [0.5, 0.6) is 0 Å². The average Bonchev–Trinajstić information content (AvgIpc) is 3.86. The molecule has 3 N–H and O–H groups in total. The van der Waals surface area contributed by atoms with Gasteiger partial charge in [-0.05, 0) is 73.3 Å². The molecule has 2 aliphatic heterocycles. The fourth-order valence-corrected chi connectivity index (χ4v) is 10.2. The maximum Gasteiger partial charge on any atom is 0.308 e. The number of hydrogen-bond acceptors (Lipinski definition) is 10. The molecule has 0 bridgehead atoms. The van der Waals surface area contributed by atoms with E-state index in [1.807, 2.05) is 41.5 Å². The highest BCUT2D eigenvalue weighted by Gasteiger charge is 2.56. The van der Waals surface area contributed by atoms with Crippen LogP contribution in [0.1, 0.15) is 112 Å². The molecular weight excluding hydrogens is 904 g/mol. The lowest BCUT2D eigenvalue weighted by Gasteiger charge is -2.41. The van der Waals surface area contributed by atoms with E-state index in [1.165, 1.54) is 54.4 Å². The number of carbonyl (C=O) groups is 8. The van der Waals surface area contributed by atoms with E-state index < -0.39 is 71.8 Å². The number of carboxylic acid groups (broad SMARTS) is 1. The van der Waals surface area contributed by atoms with Gasteiger partial charge < -0.3 is 39.9 Å². The van der Waals surface area contributed by atoms with Gasteiger partial charge in [0.25, 0.3) is 11.8 Å². The molecule has 3 aliphatic rings. The molecule has 390 valence electrons. The molecule has 1 aromatic carbocycles. The fraction of sp³-hybridized carbons (Fsp3) is 0.692. The number of hydrogen-bond donors (Lipinski definition) is 3. The molecule has 18 heteroatoms. The highest BCUT2D eigenvalue weighted by molar-refractivity contribution is 6.12. The first-order valence-electron chi connectivity index (χ1n) is 25.0. The van der Waals surface area contributed by atoms with Crippen LogP contribution in [-0.4, -0.2) is 156 Å². The first kappa shape index (κ1) is 57.3. The van der Waals surface area contributed by atoms with E-state index in [2.05, 4.69) is 10.6 Å². The number of aliphatic carboxylic acids is 1. The van der Waals surface area contributed by atoms with Crippen molar-refractivity contribution in [3.8, 4) is 0 Å². The smallest absolute Gasteiger partial charge is 0.308 e. The van der Waals surface area contributed by atoms with Gasteiger partial charge in [0.05, 0.1) is 42.5 Å². The summed E-state index contributed by atoms with van der Waals surface area (Å²) in [6.07, 6.45) is 5.65. The van der Waals surface area contributed by atoms with E-state index in [0.717, 1.165) is 12.8 Å². The van der Waals surface area contributed by atoms with Crippen LogP contribution in [0, 0.1) is 40.8 Å². The molecule has 17 nitrogen and oxygen atoms in total. The third-order valence-electron chi connectivity index (χ3n) is 14.9. The number of amides is 7. The second-order valence-corrected chi connectivity index (χ2v) is 20.6. The van der Waals surface area contributed by atoms with Gasteiger partial charge in [0.2, 0.25) is 29.5 Å². The standard InChI is InChI=1S/C52H79FN6O11/c1-12-33(6)46(57(9)50(66)44(31(2)3)55-49(65)45(32(4)5)56(8)40(60)20-14-13-17-25-58-41(61)21-22-42(58)62)39(69-10)27-43(63)59-30-52(23-24-52)28-38(59)47(70-11)34(7)48(64)54-29-36(51(67)68)26-35-18-15-16-19-37(35)53/h15-16,18-19,21-22,31-34,36,38-39,44-47H,12-14,17,20,23-30H2,1-11H3,(H,54,64)(H,55,65)(H,67,68)/t33-,34+,36+,38-,39+,44-,45-,46-,47+/m0/s1. The molecule has 4 rings (SSSR count). The van der Waals surface area contributed by atoms with E-state index >= 15 is 0 Å². The van der Waals surface area contributed by atoms with E-state index in [9.17, 15) is 47.9 Å². The van der Waals surface area contributed by atoms with Gasteiger partial charge in [0.15, 0.2) is 0 Å². The Morgan fingerprint density at radius 2 is 1.53 bits per heavy atom. The van der Waals surface area contributed by atoms with Gasteiger partial charge in [-0.3, -0.25) is 43.3 Å². The highest BCUT2D eigenvalue weighted by Crippen LogP contribution is 2.56. The zero-order valence-electron chi connectivity index (χ0n) is 43.2. The number of imide groups is 1. The Hall–Kier alpha value is -5.23. The van der Waals surface area contributed by atoms with Gasteiger partial charge in [-0.1, -0.05) is 79.5 Å². The normalized spacial score (nSPS) is 19.7. The number of ether oxygens (including phenoxy) is 2. The van der Waals surface area contributed by atoms with Crippen molar-refractivity contribution in [2.24, 2.45) is 35.0 Å². The molecule has 70 heavy (non-hydrogen) atoms. The molecule has 1 spiro atoms. The zero-order chi connectivity index (χ0) is 52.2. The summed E-state index contributed by atoms with van der Waals surface area (Å²) in [6, 6.07) is 2.98. The van der Waals surface area contributed by atoms with Crippen molar-refractivity contribution in [3.63, 3.8) is 0 Å². The number of carbonyl (C=O) groups excluding carboxylic acids is 7.